The van der Waals surface area contributed by atoms with Crippen LogP contribution in [0.5, 0.6) is 0 Å². The van der Waals surface area contributed by atoms with Crippen molar-refractivity contribution < 1.29 is 0 Å². The number of aromatic nitrogens is 3. The first kappa shape index (κ1) is 10.0. The van der Waals surface area contributed by atoms with Crippen LogP contribution >= 0.6 is 11.3 Å². The van der Waals surface area contributed by atoms with Gasteiger partial charge in [-0.05, 0) is 0 Å². The zero-order valence-electron chi connectivity index (χ0n) is 7.93. The maximum atomic E-state index is 10.8. The predicted molar refractivity (Wildman–Crippen MR) is 57.5 cm³/mol. The summed E-state index contributed by atoms with van der Waals surface area (Å²) in [5.41, 5.74) is 1.78. The Bertz CT molecular complexity index is 464. The SMILES string of the molecule is O=c1[nH]c(CNCc2cnccn2)cs1. The fraction of sp³-hybridized carbons (Fsp3) is 0.222. The molecular formula is C9H10N4OS. The topological polar surface area (TPSA) is 70.7 Å². The summed E-state index contributed by atoms with van der Waals surface area (Å²) < 4.78 is 0. The zero-order valence-corrected chi connectivity index (χ0v) is 8.75. The molecule has 0 amide bonds. The van der Waals surface area contributed by atoms with Crippen LogP contribution in [0.15, 0.2) is 28.8 Å². The quantitative estimate of drug-likeness (QED) is 0.791. The minimum absolute atomic E-state index is 0.0219. The molecule has 0 aliphatic rings. The lowest BCUT2D eigenvalue weighted by atomic mass is 10.4. The fourth-order valence-electron chi connectivity index (χ4n) is 1.15. The van der Waals surface area contributed by atoms with Crippen molar-refractivity contribution in [3.8, 4) is 0 Å². The molecule has 0 spiro atoms. The number of nitrogens with one attached hydrogen (secondary N) is 2. The Kier molecular flexibility index (Phi) is 3.21. The second kappa shape index (κ2) is 4.81. The highest BCUT2D eigenvalue weighted by molar-refractivity contribution is 7.07. The molecule has 2 N–H and O–H groups in total. The van der Waals surface area contributed by atoms with Crippen LogP contribution in [0.3, 0.4) is 0 Å². The van der Waals surface area contributed by atoms with E-state index in [1.165, 1.54) is 11.3 Å². The van der Waals surface area contributed by atoms with Gasteiger partial charge in [0.2, 0.25) is 0 Å². The van der Waals surface area contributed by atoms with Crippen LogP contribution < -0.4 is 10.2 Å². The molecule has 0 aliphatic heterocycles. The molecule has 15 heavy (non-hydrogen) atoms. The van der Waals surface area contributed by atoms with Crippen LogP contribution in [0.4, 0.5) is 0 Å². The predicted octanol–water partition coefficient (Wildman–Crippen LogP) is 0.516. The number of hydrogen-bond acceptors (Lipinski definition) is 5. The van der Waals surface area contributed by atoms with Gasteiger partial charge in [0, 0.05) is 42.8 Å². The van der Waals surface area contributed by atoms with Gasteiger partial charge in [-0.25, -0.2) is 0 Å². The van der Waals surface area contributed by atoms with Gasteiger partial charge in [0.1, 0.15) is 0 Å². The summed E-state index contributed by atoms with van der Waals surface area (Å²) in [5.74, 6) is 0. The summed E-state index contributed by atoms with van der Waals surface area (Å²) in [7, 11) is 0. The lowest BCUT2D eigenvalue weighted by Crippen LogP contribution is -2.14. The van der Waals surface area contributed by atoms with E-state index in [-0.39, 0.29) is 4.87 Å². The maximum absolute atomic E-state index is 10.8. The Morgan fingerprint density at radius 3 is 3.00 bits per heavy atom. The van der Waals surface area contributed by atoms with E-state index in [0.717, 1.165) is 11.4 Å². The van der Waals surface area contributed by atoms with Crippen molar-refractivity contribution in [1.82, 2.24) is 20.3 Å². The van der Waals surface area contributed by atoms with Gasteiger partial charge in [-0.15, -0.1) is 0 Å². The first-order valence-electron chi connectivity index (χ1n) is 4.47. The van der Waals surface area contributed by atoms with Gasteiger partial charge >= 0.3 is 4.87 Å². The van der Waals surface area contributed by atoms with E-state index in [1.807, 2.05) is 5.38 Å². The van der Waals surface area contributed by atoms with E-state index in [9.17, 15) is 4.79 Å². The highest BCUT2D eigenvalue weighted by Crippen LogP contribution is 1.95. The molecule has 0 saturated heterocycles. The van der Waals surface area contributed by atoms with Gasteiger partial charge in [0.25, 0.3) is 0 Å². The number of nitrogens with zero attached hydrogens (tertiary/aromatic N) is 2. The summed E-state index contributed by atoms with van der Waals surface area (Å²) in [6.07, 6.45) is 5.01. The average Bonchev–Trinajstić information content (AvgIpc) is 2.66. The smallest absolute Gasteiger partial charge is 0.304 e. The molecule has 2 aromatic heterocycles. The largest absolute Gasteiger partial charge is 0.315 e. The molecule has 2 aromatic rings. The molecule has 78 valence electrons. The van der Waals surface area contributed by atoms with Gasteiger partial charge in [-0.1, -0.05) is 11.3 Å². The molecule has 0 unspecified atom stereocenters. The lowest BCUT2D eigenvalue weighted by molar-refractivity contribution is 0.666. The molecule has 0 atom stereocenters. The van der Waals surface area contributed by atoms with Crippen LogP contribution in [0.1, 0.15) is 11.4 Å². The highest BCUT2D eigenvalue weighted by atomic mass is 32.1. The van der Waals surface area contributed by atoms with Gasteiger partial charge in [-0.3, -0.25) is 14.8 Å². The first-order chi connectivity index (χ1) is 7.34. The zero-order chi connectivity index (χ0) is 10.5. The van der Waals surface area contributed by atoms with Crippen molar-refractivity contribution in [2.45, 2.75) is 13.1 Å². The van der Waals surface area contributed by atoms with Crippen LogP contribution in [-0.2, 0) is 13.1 Å². The fourth-order valence-corrected chi connectivity index (χ4v) is 1.73. The standard InChI is InChI=1S/C9H10N4OS/c14-9-13-8(6-15-9)5-11-4-7-3-10-1-2-12-7/h1-3,6,11H,4-5H2,(H,13,14). The molecule has 0 aliphatic carbocycles. The highest BCUT2D eigenvalue weighted by Gasteiger charge is 1.97. The van der Waals surface area contributed by atoms with E-state index in [2.05, 4.69) is 20.3 Å². The monoisotopic (exact) mass is 222 g/mol. The van der Waals surface area contributed by atoms with Gasteiger partial charge in [0.05, 0.1) is 5.69 Å². The number of rotatable bonds is 4. The van der Waals surface area contributed by atoms with Crippen molar-refractivity contribution in [1.29, 1.82) is 0 Å². The normalized spacial score (nSPS) is 10.4. The summed E-state index contributed by atoms with van der Waals surface area (Å²) in [5, 5.41) is 4.98. The van der Waals surface area contributed by atoms with Crippen molar-refractivity contribution in [2.24, 2.45) is 0 Å². The van der Waals surface area contributed by atoms with Gasteiger partial charge in [0.15, 0.2) is 0 Å². The molecule has 0 bridgehead atoms. The number of thiazole rings is 1. The van der Waals surface area contributed by atoms with E-state index in [0.29, 0.717) is 13.1 Å². The Hall–Kier alpha value is -1.53. The van der Waals surface area contributed by atoms with Crippen LogP contribution in [0.2, 0.25) is 0 Å². The summed E-state index contributed by atoms with van der Waals surface area (Å²) in [6, 6.07) is 0. The Balaban J connectivity index is 1.83. The number of aromatic amines is 1. The summed E-state index contributed by atoms with van der Waals surface area (Å²) in [6.45, 7) is 1.28. The average molecular weight is 222 g/mol. The third-order valence-corrected chi connectivity index (χ3v) is 2.53. The lowest BCUT2D eigenvalue weighted by Gasteiger charge is -2.01. The Morgan fingerprint density at radius 1 is 1.40 bits per heavy atom. The molecule has 2 heterocycles. The second-order valence-corrected chi connectivity index (χ2v) is 3.82. The molecule has 0 saturated carbocycles. The van der Waals surface area contributed by atoms with Gasteiger partial charge in [-0.2, -0.15) is 0 Å². The Morgan fingerprint density at radius 2 is 2.33 bits per heavy atom. The summed E-state index contributed by atoms with van der Waals surface area (Å²) >= 11 is 1.17. The van der Waals surface area contributed by atoms with Crippen molar-refractivity contribution in [3.63, 3.8) is 0 Å². The first-order valence-corrected chi connectivity index (χ1v) is 5.35. The van der Waals surface area contributed by atoms with Crippen molar-refractivity contribution >= 4 is 11.3 Å². The van der Waals surface area contributed by atoms with Crippen LogP contribution in [0.25, 0.3) is 0 Å². The summed E-state index contributed by atoms with van der Waals surface area (Å²) in [4.78, 5) is 21.6. The van der Waals surface area contributed by atoms with E-state index in [4.69, 9.17) is 0 Å². The third-order valence-electron chi connectivity index (χ3n) is 1.81. The Labute approximate surface area is 90.2 Å². The van der Waals surface area contributed by atoms with Crippen LogP contribution in [0, 0.1) is 0 Å². The molecule has 6 heteroatoms. The van der Waals surface area contributed by atoms with Crippen molar-refractivity contribution in [2.75, 3.05) is 0 Å². The molecular weight excluding hydrogens is 212 g/mol. The molecule has 0 radical (unpaired) electrons. The van der Waals surface area contributed by atoms with Crippen LogP contribution in [-0.4, -0.2) is 15.0 Å². The molecule has 0 fully saturated rings. The van der Waals surface area contributed by atoms with E-state index < -0.39 is 0 Å². The molecule has 0 aromatic carbocycles. The maximum Gasteiger partial charge on any atom is 0.304 e. The van der Waals surface area contributed by atoms with E-state index >= 15 is 0 Å². The molecule has 2 rings (SSSR count). The van der Waals surface area contributed by atoms with E-state index in [1.54, 1.807) is 18.6 Å². The third kappa shape index (κ3) is 2.97. The second-order valence-electron chi connectivity index (χ2n) is 2.97. The minimum atomic E-state index is -0.0219. The number of hydrogen-bond donors (Lipinski definition) is 2. The molecule has 5 nitrogen and oxygen atoms in total. The minimum Gasteiger partial charge on any atom is -0.315 e. The number of H-pyrrole nitrogens is 1. The van der Waals surface area contributed by atoms with Gasteiger partial charge < -0.3 is 10.3 Å². The van der Waals surface area contributed by atoms with Crippen molar-refractivity contribution in [3.05, 3.63) is 45.0 Å².